The molecule has 0 amide bonds. The Morgan fingerprint density at radius 1 is 1.26 bits per heavy atom. The summed E-state index contributed by atoms with van der Waals surface area (Å²) in [6.07, 6.45) is 2.17. The summed E-state index contributed by atoms with van der Waals surface area (Å²) < 4.78 is 48.7. The minimum Gasteiger partial charge on any atom is -0.491 e. The van der Waals surface area contributed by atoms with E-state index in [1.165, 1.54) is 24.3 Å². The van der Waals surface area contributed by atoms with E-state index in [1.807, 2.05) is 12.2 Å². The van der Waals surface area contributed by atoms with Gasteiger partial charge in [-0.05, 0) is 51.3 Å². The van der Waals surface area contributed by atoms with E-state index in [-0.39, 0.29) is 42.6 Å². The molecule has 4 atom stereocenters. The van der Waals surface area contributed by atoms with Crippen LogP contribution >= 0.6 is 0 Å². The topological polar surface area (TPSA) is 93.1 Å². The first-order chi connectivity index (χ1) is 16.5. The third-order valence-electron chi connectivity index (χ3n) is 5.55. The average Bonchev–Trinajstić information content (AvgIpc) is 3.04. The molecule has 2 rings (SSSR count). The summed E-state index contributed by atoms with van der Waals surface area (Å²) in [6, 6.07) is 4.35. The number of Topliss-reactive ketones (excluding diaryl/α,β-unsaturated/α-hetero) is 1. The summed E-state index contributed by atoms with van der Waals surface area (Å²) in [5, 5.41) is 20.4. The number of hydrogen-bond donors (Lipinski definition) is 2. The molecule has 0 unspecified atom stereocenters. The molecule has 0 bridgehead atoms. The SMILES string of the molecule is CC(C)OC(=O)CCCC=CC[C@H]1[C@H](O)CC(=O)[C@H]1C=C[C@@H](O)COc1cccc(C(F)(F)F)c1. The summed E-state index contributed by atoms with van der Waals surface area (Å²) >= 11 is 0. The lowest BCUT2D eigenvalue weighted by atomic mass is 9.90. The molecule has 0 aliphatic heterocycles. The predicted molar refractivity (Wildman–Crippen MR) is 124 cm³/mol. The summed E-state index contributed by atoms with van der Waals surface area (Å²) in [4.78, 5) is 23.8. The van der Waals surface area contributed by atoms with Gasteiger partial charge >= 0.3 is 12.1 Å². The largest absolute Gasteiger partial charge is 0.491 e. The standard InChI is InChI=1S/C26H33F3O6/c1-17(2)35-25(33)11-6-4-3-5-10-21-22(24(32)15-23(21)31)13-12-19(30)16-34-20-9-7-8-18(14-20)26(27,28)29/h3,5,7-9,12-14,17,19,21-23,30-31H,4,6,10-11,15-16H2,1-2H3/t19-,21-,22+,23-/m1/s1. The van der Waals surface area contributed by atoms with Gasteiger partial charge in [0.1, 0.15) is 24.2 Å². The molecule has 1 aromatic rings. The van der Waals surface area contributed by atoms with E-state index in [0.29, 0.717) is 25.7 Å². The van der Waals surface area contributed by atoms with Crippen LogP contribution < -0.4 is 4.74 Å². The van der Waals surface area contributed by atoms with E-state index < -0.39 is 29.9 Å². The number of ketones is 1. The molecule has 35 heavy (non-hydrogen) atoms. The highest BCUT2D eigenvalue weighted by atomic mass is 19.4. The molecular formula is C26H33F3O6. The third kappa shape index (κ3) is 9.85. The number of benzene rings is 1. The van der Waals surface area contributed by atoms with Crippen LogP contribution in [-0.4, -0.2) is 46.9 Å². The molecule has 194 valence electrons. The highest BCUT2D eigenvalue weighted by Gasteiger charge is 2.39. The number of ether oxygens (including phenoxy) is 2. The minimum absolute atomic E-state index is 0.0192. The first-order valence-electron chi connectivity index (χ1n) is 11.7. The number of esters is 1. The number of unbranched alkanes of at least 4 members (excludes halogenated alkanes) is 1. The first-order valence-corrected chi connectivity index (χ1v) is 11.7. The summed E-state index contributed by atoms with van der Waals surface area (Å²) in [6.45, 7) is 3.30. The van der Waals surface area contributed by atoms with Gasteiger partial charge in [0.25, 0.3) is 0 Å². The van der Waals surface area contributed by atoms with E-state index in [4.69, 9.17) is 9.47 Å². The van der Waals surface area contributed by atoms with Crippen molar-refractivity contribution in [1.29, 1.82) is 0 Å². The number of aliphatic hydroxyl groups excluding tert-OH is 2. The lowest BCUT2D eigenvalue weighted by Gasteiger charge is -2.17. The van der Waals surface area contributed by atoms with Gasteiger partial charge in [-0.15, -0.1) is 0 Å². The van der Waals surface area contributed by atoms with Crippen LogP contribution in [0.5, 0.6) is 5.75 Å². The molecule has 0 radical (unpaired) electrons. The summed E-state index contributed by atoms with van der Waals surface area (Å²) in [7, 11) is 0. The van der Waals surface area contributed by atoms with Crippen molar-refractivity contribution in [1.82, 2.24) is 0 Å². The zero-order valence-corrected chi connectivity index (χ0v) is 19.9. The monoisotopic (exact) mass is 498 g/mol. The van der Waals surface area contributed by atoms with E-state index in [2.05, 4.69) is 0 Å². The van der Waals surface area contributed by atoms with Gasteiger partial charge in [-0.25, -0.2) is 0 Å². The van der Waals surface area contributed by atoms with Crippen LogP contribution in [0.1, 0.15) is 51.5 Å². The average molecular weight is 499 g/mol. The lowest BCUT2D eigenvalue weighted by molar-refractivity contribution is -0.147. The Hall–Kier alpha value is -2.65. The van der Waals surface area contributed by atoms with Gasteiger partial charge in [0, 0.05) is 24.7 Å². The van der Waals surface area contributed by atoms with Gasteiger partial charge in [0.2, 0.25) is 0 Å². The fraction of sp³-hybridized carbons (Fsp3) is 0.538. The van der Waals surface area contributed by atoms with Gasteiger partial charge in [-0.3, -0.25) is 9.59 Å². The smallest absolute Gasteiger partial charge is 0.416 e. The quantitative estimate of drug-likeness (QED) is 0.248. The molecule has 1 aromatic carbocycles. The number of allylic oxidation sites excluding steroid dienone is 3. The molecule has 0 heterocycles. The maximum Gasteiger partial charge on any atom is 0.416 e. The molecule has 2 N–H and O–H groups in total. The van der Waals surface area contributed by atoms with E-state index in [1.54, 1.807) is 13.8 Å². The molecule has 0 saturated heterocycles. The molecular weight excluding hydrogens is 465 g/mol. The Kier molecular flexibility index (Phi) is 11.0. The van der Waals surface area contributed by atoms with Gasteiger partial charge in [0.05, 0.1) is 17.8 Å². The third-order valence-corrected chi connectivity index (χ3v) is 5.55. The molecule has 0 aromatic heterocycles. The van der Waals surface area contributed by atoms with Crippen molar-refractivity contribution < 1.29 is 42.4 Å². The number of alkyl halides is 3. The molecule has 1 aliphatic rings. The van der Waals surface area contributed by atoms with E-state index in [9.17, 15) is 33.0 Å². The van der Waals surface area contributed by atoms with Crippen LogP contribution in [0, 0.1) is 11.8 Å². The number of carbonyl (C=O) groups is 2. The van der Waals surface area contributed by atoms with Crippen molar-refractivity contribution in [2.24, 2.45) is 11.8 Å². The van der Waals surface area contributed by atoms with Crippen LogP contribution in [0.4, 0.5) is 13.2 Å². The Labute approximate surface area is 203 Å². The van der Waals surface area contributed by atoms with Crippen molar-refractivity contribution in [2.45, 2.75) is 70.4 Å². The second kappa shape index (κ2) is 13.4. The molecule has 1 aliphatic carbocycles. The number of rotatable bonds is 12. The lowest BCUT2D eigenvalue weighted by Crippen LogP contribution is -2.20. The van der Waals surface area contributed by atoms with Gasteiger partial charge in [-0.2, -0.15) is 13.2 Å². The maximum absolute atomic E-state index is 12.8. The first kappa shape index (κ1) is 28.6. The Morgan fingerprint density at radius 3 is 2.69 bits per heavy atom. The van der Waals surface area contributed by atoms with Crippen LogP contribution in [-0.2, 0) is 20.5 Å². The minimum atomic E-state index is -4.50. The second-order valence-corrected chi connectivity index (χ2v) is 8.85. The van der Waals surface area contributed by atoms with Gasteiger partial charge in [0.15, 0.2) is 0 Å². The zero-order valence-electron chi connectivity index (χ0n) is 19.9. The highest BCUT2D eigenvalue weighted by Crippen LogP contribution is 2.34. The van der Waals surface area contributed by atoms with Crippen molar-refractivity contribution >= 4 is 11.8 Å². The highest BCUT2D eigenvalue weighted by molar-refractivity contribution is 5.86. The summed E-state index contributed by atoms with van der Waals surface area (Å²) in [5.41, 5.74) is -0.850. The van der Waals surface area contributed by atoms with E-state index in [0.717, 1.165) is 12.1 Å². The van der Waals surface area contributed by atoms with Gasteiger partial charge in [-0.1, -0.05) is 30.4 Å². The molecule has 6 nitrogen and oxygen atoms in total. The van der Waals surface area contributed by atoms with Crippen molar-refractivity contribution in [3.63, 3.8) is 0 Å². The predicted octanol–water partition coefficient (Wildman–Crippen LogP) is 4.64. The molecule has 1 saturated carbocycles. The van der Waals surface area contributed by atoms with Crippen molar-refractivity contribution in [2.75, 3.05) is 6.61 Å². The van der Waals surface area contributed by atoms with Crippen LogP contribution in [0.15, 0.2) is 48.6 Å². The number of halogens is 3. The fourth-order valence-electron chi connectivity index (χ4n) is 3.83. The Morgan fingerprint density at radius 2 is 2.00 bits per heavy atom. The number of aliphatic hydroxyl groups is 2. The van der Waals surface area contributed by atoms with Crippen molar-refractivity contribution in [3.05, 3.63) is 54.1 Å². The molecule has 0 spiro atoms. The summed E-state index contributed by atoms with van der Waals surface area (Å²) in [5.74, 6) is -1.35. The van der Waals surface area contributed by atoms with E-state index >= 15 is 0 Å². The zero-order chi connectivity index (χ0) is 26.0. The normalized spacial score (nSPS) is 21.8. The van der Waals surface area contributed by atoms with Crippen LogP contribution in [0.3, 0.4) is 0 Å². The Balaban J connectivity index is 1.83. The van der Waals surface area contributed by atoms with Gasteiger partial charge < -0.3 is 19.7 Å². The number of hydrogen-bond acceptors (Lipinski definition) is 6. The fourth-order valence-corrected chi connectivity index (χ4v) is 3.83. The molecule has 9 heteroatoms. The molecule has 1 fully saturated rings. The van der Waals surface area contributed by atoms with Crippen LogP contribution in [0.2, 0.25) is 0 Å². The van der Waals surface area contributed by atoms with Crippen molar-refractivity contribution in [3.8, 4) is 5.75 Å². The van der Waals surface area contributed by atoms with Crippen LogP contribution in [0.25, 0.3) is 0 Å². The Bertz CT molecular complexity index is 893. The number of carbonyl (C=O) groups excluding carboxylic acids is 2. The second-order valence-electron chi connectivity index (χ2n) is 8.85. The maximum atomic E-state index is 12.8.